The van der Waals surface area contributed by atoms with Gasteiger partial charge in [0.15, 0.2) is 0 Å². The molecular weight excluding hydrogens is 476 g/mol. The van der Waals surface area contributed by atoms with Crippen molar-refractivity contribution in [2.75, 3.05) is 26.2 Å². The van der Waals surface area contributed by atoms with Gasteiger partial charge in [-0.1, -0.05) is 65.2 Å². The minimum atomic E-state index is -0.698. The van der Waals surface area contributed by atoms with E-state index in [9.17, 15) is 19.5 Å². The summed E-state index contributed by atoms with van der Waals surface area (Å²) in [6.45, 7) is 6.77. The highest BCUT2D eigenvalue weighted by atomic mass is 17.2. The third-order valence-corrected chi connectivity index (χ3v) is 7.21. The van der Waals surface area contributed by atoms with Crippen LogP contribution in [0.25, 0.3) is 0 Å². The lowest BCUT2D eigenvalue weighted by atomic mass is 10.1. The molecule has 1 N–H and O–H groups in total. The predicted molar refractivity (Wildman–Crippen MR) is 142 cm³/mol. The molecule has 2 heterocycles. The molecule has 2 saturated heterocycles. The van der Waals surface area contributed by atoms with Gasteiger partial charge < -0.3 is 9.99 Å². The largest absolute Gasteiger partial charge is 0.438 e. The average Bonchev–Trinajstić information content (AvgIpc) is 3.09. The number of aliphatic hydroxyl groups is 1. The zero-order chi connectivity index (χ0) is 27.1. The fourth-order valence-corrected chi connectivity index (χ4v) is 5.08. The molecule has 2 aliphatic heterocycles. The van der Waals surface area contributed by atoms with Crippen molar-refractivity contribution in [2.45, 2.75) is 123 Å². The summed E-state index contributed by atoms with van der Waals surface area (Å²) in [7, 11) is 0. The van der Waals surface area contributed by atoms with Gasteiger partial charge in [0.05, 0.1) is 12.6 Å². The van der Waals surface area contributed by atoms with Crippen molar-refractivity contribution in [2.24, 2.45) is 4.99 Å². The van der Waals surface area contributed by atoms with Gasteiger partial charge in [0, 0.05) is 19.5 Å². The second-order valence-corrected chi connectivity index (χ2v) is 10.4. The number of rotatable bonds is 17. The maximum absolute atomic E-state index is 14.0. The molecule has 2 unspecified atom stereocenters. The third kappa shape index (κ3) is 8.75. The van der Waals surface area contributed by atoms with E-state index in [1.165, 1.54) is 9.80 Å². The van der Waals surface area contributed by atoms with Gasteiger partial charge in [0.2, 0.25) is 12.6 Å². The molecule has 2 aliphatic rings. The number of quaternary nitrogens is 1. The van der Waals surface area contributed by atoms with Crippen molar-refractivity contribution in [3.63, 3.8) is 0 Å². The summed E-state index contributed by atoms with van der Waals surface area (Å²) < 4.78 is -0.508. The van der Waals surface area contributed by atoms with E-state index in [2.05, 4.69) is 18.8 Å². The zero-order valence-electron chi connectivity index (χ0n) is 23.2. The van der Waals surface area contributed by atoms with Crippen molar-refractivity contribution in [3.8, 4) is 0 Å². The molecule has 1 spiro atoms. The SMILES string of the molecule is CCCCCCCN1C(=O)N(CCCCCCC)C(=O)[N+]2(CCCCCC2/N=C\OOCC(C)O)C1=O. The maximum atomic E-state index is 14.0. The van der Waals surface area contributed by atoms with Crippen LogP contribution in [0.15, 0.2) is 4.99 Å². The number of unbranched alkanes of at least 4 members (excludes halogenated alkanes) is 8. The Bertz CT molecular complexity index is 708. The van der Waals surface area contributed by atoms with Crippen molar-refractivity contribution < 1.29 is 33.7 Å². The molecule has 0 saturated carbocycles. The monoisotopic (exact) mass is 525 g/mol. The number of nitrogens with zero attached hydrogens (tertiary/aromatic N) is 4. The quantitative estimate of drug-likeness (QED) is 0.0625. The van der Waals surface area contributed by atoms with Crippen LogP contribution in [-0.4, -0.2) is 82.4 Å². The fraction of sp³-hybridized carbons (Fsp3) is 0.852. The first-order chi connectivity index (χ1) is 17.9. The van der Waals surface area contributed by atoms with E-state index in [-0.39, 0.29) is 6.61 Å². The standard InChI is InChI=1S/C27H49N4O6/c1-4-6-8-10-14-18-29-25(33)30(19-15-11-9-7-5-2)27(35)31(26(29)34)20-16-12-13-17-24(31)28-22-37-36-21-23(3)32/h22-24,32H,4-21H2,1-3H3/q+1/b28-22-. The Kier molecular flexibility index (Phi) is 14.1. The number of carbonyl (C=O) groups is 3. The molecule has 2 fully saturated rings. The Balaban J connectivity index is 2.29. The van der Waals surface area contributed by atoms with Gasteiger partial charge in [0.1, 0.15) is 6.61 Å². The van der Waals surface area contributed by atoms with Crippen LogP contribution in [0, 0.1) is 0 Å². The topological polar surface area (TPSA) is 109 Å². The van der Waals surface area contributed by atoms with Crippen LogP contribution in [-0.2, 0) is 9.78 Å². The average molecular weight is 526 g/mol. The zero-order valence-corrected chi connectivity index (χ0v) is 23.2. The summed E-state index contributed by atoms with van der Waals surface area (Å²) in [5.41, 5.74) is 0. The van der Waals surface area contributed by atoms with Crippen molar-refractivity contribution >= 4 is 24.5 Å². The van der Waals surface area contributed by atoms with E-state index < -0.39 is 34.8 Å². The second-order valence-electron chi connectivity index (χ2n) is 10.4. The lowest BCUT2D eigenvalue weighted by Crippen LogP contribution is -2.76. The van der Waals surface area contributed by atoms with Gasteiger partial charge in [-0.15, -0.1) is 4.48 Å². The number of imide groups is 3. The van der Waals surface area contributed by atoms with Crippen LogP contribution in [0.2, 0.25) is 0 Å². The van der Waals surface area contributed by atoms with Gasteiger partial charge in [-0.2, -0.15) is 9.88 Å². The first-order valence-corrected chi connectivity index (χ1v) is 14.4. The van der Waals surface area contributed by atoms with Crippen molar-refractivity contribution in [3.05, 3.63) is 0 Å². The van der Waals surface area contributed by atoms with E-state index in [0.29, 0.717) is 32.5 Å². The number of hydrogen-bond donors (Lipinski definition) is 1. The molecule has 37 heavy (non-hydrogen) atoms. The molecule has 0 radical (unpaired) electrons. The minimum absolute atomic E-state index is 0.0271. The molecule has 212 valence electrons. The number of carbonyl (C=O) groups excluding carboxylic acids is 3. The highest BCUT2D eigenvalue weighted by molar-refractivity contribution is 6.06. The van der Waals surface area contributed by atoms with Gasteiger partial charge >= 0.3 is 18.1 Å². The van der Waals surface area contributed by atoms with Crippen LogP contribution in [0.4, 0.5) is 14.4 Å². The summed E-state index contributed by atoms with van der Waals surface area (Å²) >= 11 is 0. The Morgan fingerprint density at radius 3 is 2.03 bits per heavy atom. The van der Waals surface area contributed by atoms with E-state index >= 15 is 0 Å². The Hall–Kier alpha value is -2.04. The van der Waals surface area contributed by atoms with E-state index in [0.717, 1.165) is 83.5 Å². The number of aliphatic hydroxyl groups excluding tert-OH is 1. The highest BCUT2D eigenvalue weighted by Crippen LogP contribution is 2.34. The molecule has 0 aliphatic carbocycles. The summed E-state index contributed by atoms with van der Waals surface area (Å²) in [6.07, 6.45) is 12.6. The number of aliphatic imine (C=N–C) groups is 1. The normalized spacial score (nSPS) is 21.2. The number of amides is 6. The fourth-order valence-electron chi connectivity index (χ4n) is 5.08. The second kappa shape index (κ2) is 16.7. The van der Waals surface area contributed by atoms with Crippen LogP contribution < -0.4 is 0 Å². The minimum Gasteiger partial charge on any atom is -0.391 e. The van der Waals surface area contributed by atoms with Gasteiger partial charge in [-0.3, -0.25) is 0 Å². The number of urea groups is 3. The van der Waals surface area contributed by atoms with E-state index in [1.807, 2.05) is 0 Å². The summed E-state index contributed by atoms with van der Waals surface area (Å²) in [6, 6.07) is -1.43. The van der Waals surface area contributed by atoms with Gasteiger partial charge in [-0.05, 0) is 39.0 Å². The molecule has 2 rings (SSSR count). The smallest absolute Gasteiger partial charge is 0.391 e. The lowest BCUT2D eigenvalue weighted by Gasteiger charge is -2.45. The Morgan fingerprint density at radius 2 is 1.49 bits per heavy atom. The first-order valence-electron chi connectivity index (χ1n) is 14.4. The Labute approximate surface area is 222 Å². The summed E-state index contributed by atoms with van der Waals surface area (Å²) in [5, 5.41) is 9.34. The predicted octanol–water partition coefficient (Wildman–Crippen LogP) is 5.98. The van der Waals surface area contributed by atoms with Gasteiger partial charge in [0.25, 0.3) is 0 Å². The van der Waals surface area contributed by atoms with Crippen molar-refractivity contribution in [1.82, 2.24) is 9.80 Å². The molecule has 0 aromatic carbocycles. The molecule has 0 aromatic heterocycles. The molecule has 0 aromatic rings. The van der Waals surface area contributed by atoms with Crippen LogP contribution >= 0.6 is 0 Å². The highest BCUT2D eigenvalue weighted by Gasteiger charge is 2.62. The van der Waals surface area contributed by atoms with Crippen LogP contribution in [0.5, 0.6) is 0 Å². The first kappa shape index (κ1) is 31.2. The lowest BCUT2D eigenvalue weighted by molar-refractivity contribution is -0.803. The van der Waals surface area contributed by atoms with Crippen molar-refractivity contribution in [1.29, 1.82) is 0 Å². The van der Waals surface area contributed by atoms with E-state index in [1.54, 1.807) is 6.92 Å². The molecule has 10 heteroatoms. The molecule has 6 amide bonds. The summed E-state index contributed by atoms with van der Waals surface area (Å²) in [5.74, 6) is 0. The number of hydrogen-bond acceptors (Lipinski definition) is 7. The molecule has 0 bridgehead atoms. The van der Waals surface area contributed by atoms with Crippen LogP contribution in [0.1, 0.15) is 111 Å². The summed E-state index contributed by atoms with van der Waals surface area (Å²) in [4.78, 5) is 58.4. The Morgan fingerprint density at radius 1 is 0.919 bits per heavy atom. The molecule has 10 nitrogen and oxygen atoms in total. The molecule has 2 atom stereocenters. The maximum Gasteiger partial charge on any atom is 0.438 e. The molecular formula is C27H49N4O6+. The third-order valence-electron chi connectivity index (χ3n) is 7.21. The van der Waals surface area contributed by atoms with Crippen LogP contribution in [0.3, 0.4) is 0 Å². The van der Waals surface area contributed by atoms with Gasteiger partial charge in [-0.25, -0.2) is 24.2 Å². The van der Waals surface area contributed by atoms with E-state index in [4.69, 9.17) is 9.78 Å².